The summed E-state index contributed by atoms with van der Waals surface area (Å²) in [5.41, 5.74) is 0.237. The zero-order chi connectivity index (χ0) is 9.47. The van der Waals surface area contributed by atoms with Gasteiger partial charge in [-0.1, -0.05) is 13.8 Å². The zero-order valence-corrected chi connectivity index (χ0v) is 7.79. The van der Waals surface area contributed by atoms with Crippen molar-refractivity contribution in [3.8, 4) is 0 Å². The molecule has 0 spiro atoms. The molecule has 1 fully saturated rings. The van der Waals surface area contributed by atoms with Crippen molar-refractivity contribution in [2.75, 3.05) is 5.32 Å². The van der Waals surface area contributed by atoms with E-state index in [4.69, 9.17) is 0 Å². The number of aromatic nitrogens is 2. The van der Waals surface area contributed by atoms with Gasteiger partial charge >= 0.3 is 0 Å². The number of H-pyrrole nitrogens is 1. The Kier molecular flexibility index (Phi) is 1.65. The van der Waals surface area contributed by atoms with Crippen LogP contribution in [0, 0.1) is 5.41 Å². The predicted octanol–water partition coefficient (Wildman–Crippen LogP) is 0.980. The first kappa shape index (κ1) is 8.29. The van der Waals surface area contributed by atoms with Crippen molar-refractivity contribution >= 4 is 5.82 Å². The molecule has 1 saturated carbocycles. The molecule has 4 heteroatoms. The smallest absolute Gasteiger partial charge is 0.252 e. The van der Waals surface area contributed by atoms with E-state index in [1.54, 1.807) is 0 Å². The second-order valence-electron chi connectivity index (χ2n) is 4.19. The lowest BCUT2D eigenvalue weighted by molar-refractivity contribution is 0.629. The zero-order valence-electron chi connectivity index (χ0n) is 7.79. The minimum Gasteiger partial charge on any atom is -0.367 e. The lowest BCUT2D eigenvalue weighted by Gasteiger charge is -2.05. The molecule has 1 aromatic heterocycles. The SMILES string of the molecule is CC1(C)CC1Nc1cc(=O)[nH]cn1. The molecule has 0 bridgehead atoms. The summed E-state index contributed by atoms with van der Waals surface area (Å²) >= 11 is 0. The Morgan fingerprint density at radius 3 is 2.92 bits per heavy atom. The molecule has 2 N–H and O–H groups in total. The van der Waals surface area contributed by atoms with Crippen LogP contribution in [0.2, 0.25) is 0 Å². The van der Waals surface area contributed by atoms with Gasteiger partial charge in [-0.2, -0.15) is 0 Å². The Bertz CT molecular complexity index is 369. The van der Waals surface area contributed by atoms with Crippen molar-refractivity contribution < 1.29 is 0 Å². The fourth-order valence-electron chi connectivity index (χ4n) is 1.34. The van der Waals surface area contributed by atoms with Crippen LogP contribution in [0.4, 0.5) is 5.82 Å². The predicted molar refractivity (Wildman–Crippen MR) is 50.7 cm³/mol. The molecule has 0 aromatic carbocycles. The molecule has 1 aliphatic rings. The molecule has 0 amide bonds. The Labute approximate surface area is 76.4 Å². The summed E-state index contributed by atoms with van der Waals surface area (Å²) in [4.78, 5) is 17.4. The lowest BCUT2D eigenvalue weighted by atomic mass is 10.2. The molecule has 13 heavy (non-hydrogen) atoms. The van der Waals surface area contributed by atoms with E-state index in [1.807, 2.05) is 0 Å². The summed E-state index contributed by atoms with van der Waals surface area (Å²) in [5, 5.41) is 3.22. The minimum atomic E-state index is -0.115. The monoisotopic (exact) mass is 179 g/mol. The average Bonchev–Trinajstić information content (AvgIpc) is 2.58. The number of nitrogens with one attached hydrogen (secondary N) is 2. The Morgan fingerprint density at radius 2 is 2.38 bits per heavy atom. The molecule has 0 radical (unpaired) electrons. The number of aromatic amines is 1. The van der Waals surface area contributed by atoms with Gasteiger partial charge in [0.1, 0.15) is 5.82 Å². The summed E-state index contributed by atoms with van der Waals surface area (Å²) in [7, 11) is 0. The van der Waals surface area contributed by atoms with Crippen molar-refractivity contribution in [3.05, 3.63) is 22.7 Å². The molecule has 1 heterocycles. The topological polar surface area (TPSA) is 57.8 Å². The van der Waals surface area contributed by atoms with Crippen LogP contribution in [-0.4, -0.2) is 16.0 Å². The standard InChI is InChI=1S/C9H13N3O/c1-9(2)4-6(9)12-7-3-8(13)11-5-10-7/h3,5-6H,4H2,1-2H3,(H2,10,11,12,13). The Balaban J connectivity index is 2.08. The second kappa shape index (κ2) is 2.58. The number of anilines is 1. The molecular weight excluding hydrogens is 166 g/mol. The first-order valence-corrected chi connectivity index (χ1v) is 4.39. The highest BCUT2D eigenvalue weighted by atomic mass is 16.1. The third-order valence-electron chi connectivity index (χ3n) is 2.51. The van der Waals surface area contributed by atoms with E-state index in [9.17, 15) is 4.79 Å². The first-order chi connectivity index (χ1) is 6.08. The van der Waals surface area contributed by atoms with Gasteiger partial charge in [0.2, 0.25) is 0 Å². The molecule has 1 aliphatic carbocycles. The molecule has 4 nitrogen and oxygen atoms in total. The van der Waals surface area contributed by atoms with Crippen LogP contribution in [0.15, 0.2) is 17.2 Å². The van der Waals surface area contributed by atoms with E-state index in [2.05, 4.69) is 29.1 Å². The summed E-state index contributed by atoms with van der Waals surface area (Å²) in [6.07, 6.45) is 2.56. The van der Waals surface area contributed by atoms with Crippen molar-refractivity contribution in [2.45, 2.75) is 26.3 Å². The first-order valence-electron chi connectivity index (χ1n) is 4.39. The molecule has 1 unspecified atom stereocenters. The molecule has 1 atom stereocenters. The van der Waals surface area contributed by atoms with Crippen molar-refractivity contribution in [3.63, 3.8) is 0 Å². The quantitative estimate of drug-likeness (QED) is 0.711. The third kappa shape index (κ3) is 1.71. The highest BCUT2D eigenvalue weighted by Crippen LogP contribution is 2.46. The minimum absolute atomic E-state index is 0.115. The van der Waals surface area contributed by atoms with Crippen LogP contribution in [0.3, 0.4) is 0 Å². The van der Waals surface area contributed by atoms with Gasteiger partial charge in [0, 0.05) is 12.1 Å². The number of hydrogen-bond acceptors (Lipinski definition) is 3. The number of hydrogen-bond donors (Lipinski definition) is 2. The summed E-state index contributed by atoms with van der Waals surface area (Å²) in [6.45, 7) is 4.38. The van der Waals surface area contributed by atoms with Crippen LogP contribution in [0.25, 0.3) is 0 Å². The largest absolute Gasteiger partial charge is 0.367 e. The maximum atomic E-state index is 10.9. The highest BCUT2D eigenvalue weighted by molar-refractivity contribution is 5.36. The van der Waals surface area contributed by atoms with E-state index in [1.165, 1.54) is 12.4 Å². The lowest BCUT2D eigenvalue weighted by Crippen LogP contribution is -2.13. The Hall–Kier alpha value is -1.32. The summed E-state index contributed by atoms with van der Waals surface area (Å²) in [6, 6.07) is 1.94. The van der Waals surface area contributed by atoms with Gasteiger partial charge < -0.3 is 10.3 Å². The fourth-order valence-corrected chi connectivity index (χ4v) is 1.34. The van der Waals surface area contributed by atoms with Crippen LogP contribution in [0.1, 0.15) is 20.3 Å². The van der Waals surface area contributed by atoms with Gasteiger partial charge in [0.05, 0.1) is 6.33 Å². The fraction of sp³-hybridized carbons (Fsp3) is 0.556. The van der Waals surface area contributed by atoms with E-state index < -0.39 is 0 Å². The van der Waals surface area contributed by atoms with E-state index in [0.717, 1.165) is 6.42 Å². The van der Waals surface area contributed by atoms with Gasteiger partial charge in [-0.15, -0.1) is 0 Å². The van der Waals surface area contributed by atoms with Crippen molar-refractivity contribution in [2.24, 2.45) is 5.41 Å². The van der Waals surface area contributed by atoms with Gasteiger partial charge in [-0.05, 0) is 11.8 Å². The van der Waals surface area contributed by atoms with Gasteiger partial charge in [-0.25, -0.2) is 4.98 Å². The molecule has 0 aliphatic heterocycles. The van der Waals surface area contributed by atoms with E-state index in [-0.39, 0.29) is 5.56 Å². The number of rotatable bonds is 2. The summed E-state index contributed by atoms with van der Waals surface area (Å²) < 4.78 is 0. The van der Waals surface area contributed by atoms with E-state index >= 15 is 0 Å². The van der Waals surface area contributed by atoms with Crippen LogP contribution >= 0.6 is 0 Å². The van der Waals surface area contributed by atoms with Crippen molar-refractivity contribution in [1.82, 2.24) is 9.97 Å². The normalized spacial score (nSPS) is 24.0. The maximum absolute atomic E-state index is 10.9. The average molecular weight is 179 g/mol. The molecule has 1 aromatic rings. The molecule has 0 saturated heterocycles. The molecular formula is C9H13N3O. The molecule has 70 valence electrons. The van der Waals surface area contributed by atoms with Crippen LogP contribution in [-0.2, 0) is 0 Å². The van der Waals surface area contributed by atoms with E-state index in [0.29, 0.717) is 17.3 Å². The van der Waals surface area contributed by atoms with Gasteiger partial charge in [0.15, 0.2) is 0 Å². The van der Waals surface area contributed by atoms with Gasteiger partial charge in [0.25, 0.3) is 5.56 Å². The summed E-state index contributed by atoms with van der Waals surface area (Å²) in [5.74, 6) is 0.666. The third-order valence-corrected chi connectivity index (χ3v) is 2.51. The second-order valence-corrected chi connectivity index (χ2v) is 4.19. The highest BCUT2D eigenvalue weighted by Gasteiger charge is 2.45. The van der Waals surface area contributed by atoms with Crippen molar-refractivity contribution in [1.29, 1.82) is 0 Å². The molecule has 2 rings (SSSR count). The Morgan fingerprint density at radius 1 is 1.69 bits per heavy atom. The van der Waals surface area contributed by atoms with Crippen LogP contribution < -0.4 is 10.9 Å². The number of nitrogens with zero attached hydrogens (tertiary/aromatic N) is 1. The maximum Gasteiger partial charge on any atom is 0.252 e. The van der Waals surface area contributed by atoms with Crippen LogP contribution in [0.5, 0.6) is 0 Å². The van der Waals surface area contributed by atoms with Gasteiger partial charge in [-0.3, -0.25) is 4.79 Å².